The van der Waals surface area contributed by atoms with Crippen LogP contribution in [0.5, 0.6) is 0 Å². The zero-order valence-electron chi connectivity index (χ0n) is 16.9. The van der Waals surface area contributed by atoms with E-state index < -0.39 is 31.5 Å². The Hall–Kier alpha value is -0.841. The van der Waals surface area contributed by atoms with Crippen molar-refractivity contribution in [3.05, 3.63) is 41.2 Å². The molecule has 0 atom stereocenters. The molecule has 26 heavy (non-hydrogen) atoms. The Bertz CT molecular complexity index is 510. The number of carboxylic acid groups (broad SMARTS) is 1. The van der Waals surface area contributed by atoms with Crippen LogP contribution in [0.25, 0.3) is 6.08 Å². The molecule has 1 aromatic carbocycles. The molecule has 0 aromatic heterocycles. The van der Waals surface area contributed by atoms with Gasteiger partial charge in [0.1, 0.15) is 5.82 Å². The number of hydrogen-bond donors (Lipinski definition) is 0. The van der Waals surface area contributed by atoms with Crippen molar-refractivity contribution in [2.45, 2.75) is 79.5 Å². The van der Waals surface area contributed by atoms with Gasteiger partial charge in [0, 0.05) is 5.56 Å². The first kappa shape index (κ1) is 25.2. The molecular formula is C22H35FO2Sn. The monoisotopic (exact) mass is 470 g/mol. The van der Waals surface area contributed by atoms with Crippen LogP contribution in [0.3, 0.4) is 0 Å². The number of carbonyl (C=O) groups is 1. The van der Waals surface area contributed by atoms with Crippen LogP contribution in [-0.4, -0.2) is 25.7 Å². The second-order valence-electron chi connectivity index (χ2n) is 6.70. The number of hydrogen-bond acceptors (Lipinski definition) is 2. The van der Waals surface area contributed by atoms with E-state index in [0.717, 1.165) is 0 Å². The maximum absolute atomic E-state index is 13.0. The topological polar surface area (TPSA) is 40.1 Å². The van der Waals surface area contributed by atoms with E-state index in [1.54, 1.807) is 25.4 Å². The van der Waals surface area contributed by atoms with Crippen LogP contribution < -0.4 is 5.11 Å². The van der Waals surface area contributed by atoms with Crippen molar-refractivity contribution in [3.63, 3.8) is 0 Å². The number of halogens is 1. The molecule has 146 valence electrons. The predicted molar refractivity (Wildman–Crippen MR) is 110 cm³/mol. The summed E-state index contributed by atoms with van der Waals surface area (Å²) in [6.07, 6.45) is 10.1. The van der Waals surface area contributed by atoms with Crippen molar-refractivity contribution in [2.75, 3.05) is 0 Å². The van der Waals surface area contributed by atoms with Crippen molar-refractivity contribution in [3.8, 4) is 0 Å². The van der Waals surface area contributed by atoms with Crippen LogP contribution in [-0.2, 0) is 4.79 Å². The van der Waals surface area contributed by atoms with E-state index in [4.69, 9.17) is 0 Å². The van der Waals surface area contributed by atoms with Gasteiger partial charge in [0.05, 0.1) is 5.97 Å². The molecule has 0 spiro atoms. The first-order valence-electron chi connectivity index (χ1n) is 9.93. The standard InChI is InChI=1S/C10H9FO2.3C4H9.Sn/c1-7(10(12)13)6-8-4-2-3-5-9(8)11;3*1-3-4-2;/h2-6H,1H3,(H,12,13);3*1,3-4H2,2H3;/q;;;;+1/p-1/b7-6+;;;;. The second-order valence-corrected chi connectivity index (χ2v) is 15.3. The zero-order valence-corrected chi connectivity index (χ0v) is 19.8. The van der Waals surface area contributed by atoms with E-state index in [1.807, 2.05) is 0 Å². The minimum absolute atomic E-state index is 0.00472. The maximum atomic E-state index is 13.0. The molecule has 0 aliphatic carbocycles. The molecule has 0 radical (unpaired) electrons. The molecule has 0 bridgehead atoms. The average molecular weight is 469 g/mol. The molecule has 0 aliphatic heterocycles. The van der Waals surface area contributed by atoms with Gasteiger partial charge in [0.2, 0.25) is 0 Å². The van der Waals surface area contributed by atoms with E-state index in [1.165, 1.54) is 63.7 Å². The van der Waals surface area contributed by atoms with Gasteiger partial charge in [0.25, 0.3) is 0 Å². The van der Waals surface area contributed by atoms with Gasteiger partial charge in [-0.1, -0.05) is 18.2 Å². The summed E-state index contributed by atoms with van der Waals surface area (Å²) in [5.41, 5.74) is 0.259. The van der Waals surface area contributed by atoms with Crippen molar-refractivity contribution < 1.29 is 14.3 Å². The van der Waals surface area contributed by atoms with Crippen LogP contribution in [0.1, 0.15) is 71.8 Å². The number of rotatable bonds is 11. The number of carboxylic acids is 1. The molecule has 0 fully saturated rings. The van der Waals surface area contributed by atoms with E-state index >= 15 is 0 Å². The van der Waals surface area contributed by atoms with Gasteiger partial charge in [-0.25, -0.2) is 4.39 Å². The molecule has 4 heteroatoms. The van der Waals surface area contributed by atoms with Crippen molar-refractivity contribution in [2.24, 2.45) is 0 Å². The number of carbonyl (C=O) groups excluding carboxylic acids is 1. The Balaban J connectivity index is 0.000000481. The first-order chi connectivity index (χ1) is 12.5. The van der Waals surface area contributed by atoms with E-state index in [2.05, 4.69) is 20.8 Å². The van der Waals surface area contributed by atoms with Gasteiger partial charge in [-0.3, -0.25) is 0 Å². The first-order valence-corrected chi connectivity index (χ1v) is 16.0. The molecule has 0 amide bonds. The number of unbranched alkanes of at least 4 members (excludes halogenated alkanes) is 3. The summed E-state index contributed by atoms with van der Waals surface area (Å²) in [6, 6.07) is 5.95. The third kappa shape index (κ3) is 12.5. The number of aliphatic carboxylic acids is 1. The van der Waals surface area contributed by atoms with E-state index in [9.17, 15) is 14.3 Å². The van der Waals surface area contributed by atoms with Gasteiger partial charge >= 0.3 is 92.4 Å². The molecule has 2 nitrogen and oxygen atoms in total. The van der Waals surface area contributed by atoms with Crippen LogP contribution in [0.2, 0.25) is 13.3 Å². The van der Waals surface area contributed by atoms with Crippen molar-refractivity contribution >= 4 is 31.8 Å². The third-order valence-corrected chi connectivity index (χ3v) is 13.3. The summed E-state index contributed by atoms with van der Waals surface area (Å²) in [5.74, 6) is -1.73. The molecule has 1 aromatic rings. The molecule has 0 unspecified atom stereocenters. The van der Waals surface area contributed by atoms with E-state index in [0.29, 0.717) is 0 Å². The molecule has 1 rings (SSSR count). The van der Waals surface area contributed by atoms with Gasteiger partial charge in [0.15, 0.2) is 0 Å². The predicted octanol–water partition coefficient (Wildman–Crippen LogP) is 5.86. The van der Waals surface area contributed by atoms with Crippen LogP contribution in [0, 0.1) is 5.82 Å². The van der Waals surface area contributed by atoms with E-state index in [-0.39, 0.29) is 11.1 Å². The fraction of sp³-hybridized carbons (Fsp3) is 0.591. The molecule has 0 heterocycles. The quantitative estimate of drug-likeness (QED) is 0.301. The molecule has 0 saturated carbocycles. The van der Waals surface area contributed by atoms with Crippen molar-refractivity contribution in [1.82, 2.24) is 0 Å². The van der Waals surface area contributed by atoms with Crippen LogP contribution in [0.15, 0.2) is 29.8 Å². The normalized spacial score (nSPS) is 10.9. The Morgan fingerprint density at radius 3 is 1.85 bits per heavy atom. The van der Waals surface area contributed by atoms with Gasteiger partial charge in [-0.05, 0) is 24.6 Å². The fourth-order valence-corrected chi connectivity index (χ4v) is 12.0. The second kappa shape index (κ2) is 16.3. The molecule has 0 aliphatic rings. The summed E-state index contributed by atoms with van der Waals surface area (Å²) in [4.78, 5) is 10.3. The average Bonchev–Trinajstić information content (AvgIpc) is 2.63. The Kier molecular flexibility index (Phi) is 15.8. The third-order valence-electron chi connectivity index (χ3n) is 4.25. The fourth-order valence-electron chi connectivity index (χ4n) is 2.54. The summed E-state index contributed by atoms with van der Waals surface area (Å²) in [7, 11) is 0. The Morgan fingerprint density at radius 2 is 1.46 bits per heavy atom. The Labute approximate surface area is 166 Å². The summed E-state index contributed by atoms with van der Waals surface area (Å²) >= 11 is -0.839. The zero-order chi connectivity index (χ0) is 19.8. The summed E-state index contributed by atoms with van der Waals surface area (Å²) in [5, 5.41) is 10.3. The minimum atomic E-state index is -1.29. The Morgan fingerprint density at radius 1 is 1.00 bits per heavy atom. The molecule has 0 N–H and O–H groups in total. The SMILES string of the molecule is C/C(=C\c1ccccc1F)C(=O)[O-].CCC[CH2][Sn+]([CH2]CCC)[CH2]CCC. The summed E-state index contributed by atoms with van der Waals surface area (Å²) < 4.78 is 18.0. The van der Waals surface area contributed by atoms with Crippen LogP contribution >= 0.6 is 0 Å². The summed E-state index contributed by atoms with van der Waals surface area (Å²) in [6.45, 7) is 8.36. The van der Waals surface area contributed by atoms with Gasteiger partial charge < -0.3 is 9.90 Å². The molecule has 0 saturated heterocycles. The van der Waals surface area contributed by atoms with Crippen LogP contribution in [0.4, 0.5) is 4.39 Å². The number of benzene rings is 1. The van der Waals surface area contributed by atoms with Gasteiger partial charge in [-0.15, -0.1) is 0 Å². The van der Waals surface area contributed by atoms with Crippen molar-refractivity contribution in [1.29, 1.82) is 0 Å². The van der Waals surface area contributed by atoms with Gasteiger partial charge in [-0.2, -0.15) is 0 Å². The molecular weight excluding hydrogens is 434 g/mol.